The summed E-state index contributed by atoms with van der Waals surface area (Å²) in [5, 5.41) is 22.3. The summed E-state index contributed by atoms with van der Waals surface area (Å²) in [6, 6.07) is 27.5. The number of aliphatic hydroxyl groups is 1. The monoisotopic (exact) mass is 463 g/mol. The van der Waals surface area contributed by atoms with E-state index >= 15 is 0 Å². The average molecular weight is 463 g/mol. The molecule has 0 spiro atoms. The van der Waals surface area contributed by atoms with Crippen molar-refractivity contribution in [1.29, 1.82) is 0 Å². The number of nitrogens with zero attached hydrogens (tertiary/aromatic N) is 1. The molecule has 1 heterocycles. The van der Waals surface area contributed by atoms with Crippen molar-refractivity contribution in [2.24, 2.45) is 0 Å². The molecule has 1 aliphatic rings. The van der Waals surface area contributed by atoms with Gasteiger partial charge >= 0.3 is 5.97 Å². The van der Waals surface area contributed by atoms with Gasteiger partial charge in [0.05, 0.1) is 17.2 Å². The van der Waals surface area contributed by atoms with Crippen molar-refractivity contribution >= 4 is 34.2 Å². The molecule has 0 aromatic heterocycles. The van der Waals surface area contributed by atoms with Gasteiger partial charge in [-0.15, -0.1) is 0 Å². The molecule has 6 heteroatoms. The molecule has 35 heavy (non-hydrogen) atoms. The van der Waals surface area contributed by atoms with Crippen LogP contribution in [0.3, 0.4) is 0 Å². The molecule has 1 aliphatic heterocycles. The second-order valence-electron chi connectivity index (χ2n) is 8.40. The van der Waals surface area contributed by atoms with Crippen LogP contribution in [0.4, 0.5) is 0 Å². The molecule has 4 aromatic rings. The lowest BCUT2D eigenvalue weighted by Gasteiger charge is -2.25. The summed E-state index contributed by atoms with van der Waals surface area (Å²) in [7, 11) is 0. The van der Waals surface area contributed by atoms with Crippen LogP contribution in [0.25, 0.3) is 16.5 Å². The van der Waals surface area contributed by atoms with Gasteiger partial charge in [0, 0.05) is 12.1 Å². The number of aliphatic hydroxyl groups excluding tert-OH is 1. The molecule has 1 fully saturated rings. The summed E-state index contributed by atoms with van der Waals surface area (Å²) in [6.07, 6.45) is 0. The lowest BCUT2D eigenvalue weighted by Crippen LogP contribution is -2.29. The number of carbonyl (C=O) groups is 3. The Labute approximate surface area is 201 Å². The first-order valence-electron chi connectivity index (χ1n) is 11.1. The number of carboxylic acids is 1. The van der Waals surface area contributed by atoms with Crippen LogP contribution in [0.5, 0.6) is 0 Å². The summed E-state index contributed by atoms with van der Waals surface area (Å²) < 4.78 is 0. The smallest absolute Gasteiger partial charge is 0.335 e. The molecule has 1 unspecified atom stereocenters. The highest BCUT2D eigenvalue weighted by Gasteiger charge is 2.46. The van der Waals surface area contributed by atoms with Crippen molar-refractivity contribution < 1.29 is 24.6 Å². The average Bonchev–Trinajstić information content (AvgIpc) is 3.13. The summed E-state index contributed by atoms with van der Waals surface area (Å²) in [5.41, 5.74) is 1.97. The van der Waals surface area contributed by atoms with E-state index in [4.69, 9.17) is 5.11 Å². The lowest BCUT2D eigenvalue weighted by atomic mass is 9.94. The Morgan fingerprint density at radius 1 is 0.743 bits per heavy atom. The van der Waals surface area contributed by atoms with Crippen molar-refractivity contribution in [3.8, 4) is 0 Å². The van der Waals surface area contributed by atoms with Gasteiger partial charge in [0.25, 0.3) is 11.7 Å². The van der Waals surface area contributed by atoms with Gasteiger partial charge in [-0.05, 0) is 40.1 Å². The van der Waals surface area contributed by atoms with Crippen molar-refractivity contribution in [3.05, 3.63) is 125 Å². The first-order chi connectivity index (χ1) is 16.9. The third-order valence-corrected chi connectivity index (χ3v) is 6.23. The zero-order valence-electron chi connectivity index (χ0n) is 18.6. The predicted molar refractivity (Wildman–Crippen MR) is 132 cm³/mol. The van der Waals surface area contributed by atoms with Gasteiger partial charge in [-0.3, -0.25) is 9.59 Å². The molecule has 4 aromatic carbocycles. The highest BCUT2D eigenvalue weighted by molar-refractivity contribution is 6.46. The van der Waals surface area contributed by atoms with Gasteiger partial charge < -0.3 is 15.1 Å². The molecule has 5 rings (SSSR count). The van der Waals surface area contributed by atoms with E-state index in [1.54, 1.807) is 24.3 Å². The second-order valence-corrected chi connectivity index (χ2v) is 8.40. The van der Waals surface area contributed by atoms with Crippen LogP contribution in [0, 0.1) is 0 Å². The van der Waals surface area contributed by atoms with Crippen LogP contribution in [-0.2, 0) is 16.1 Å². The standard InChI is InChI=1S/C29H21NO5/c31-26(23-15-14-19-6-4-5-9-22(19)16-23)24-25(20-7-2-1-3-8-20)30(28(33)27(24)32)17-18-10-12-21(13-11-18)29(34)35/h1-16,25,31H,17H2,(H,34,35)/b26-24-. The van der Waals surface area contributed by atoms with Crippen molar-refractivity contribution in [2.45, 2.75) is 12.6 Å². The van der Waals surface area contributed by atoms with E-state index in [0.29, 0.717) is 16.7 Å². The highest BCUT2D eigenvalue weighted by atomic mass is 16.4. The van der Waals surface area contributed by atoms with Crippen LogP contribution >= 0.6 is 0 Å². The maximum absolute atomic E-state index is 13.2. The van der Waals surface area contributed by atoms with Crippen LogP contribution in [0.15, 0.2) is 103 Å². The number of fused-ring (bicyclic) bond motifs is 1. The second kappa shape index (κ2) is 8.91. The first-order valence-corrected chi connectivity index (χ1v) is 11.1. The summed E-state index contributed by atoms with van der Waals surface area (Å²) in [4.78, 5) is 39.0. The minimum atomic E-state index is -1.04. The van der Waals surface area contributed by atoms with Crippen molar-refractivity contribution in [2.75, 3.05) is 0 Å². The van der Waals surface area contributed by atoms with E-state index in [9.17, 15) is 19.5 Å². The van der Waals surface area contributed by atoms with Gasteiger partial charge in [0.2, 0.25) is 0 Å². The zero-order valence-corrected chi connectivity index (χ0v) is 18.6. The zero-order chi connectivity index (χ0) is 24.5. The number of benzene rings is 4. The summed E-state index contributed by atoms with van der Waals surface area (Å²) in [5.74, 6) is -2.75. The Hall–Kier alpha value is -4.71. The van der Waals surface area contributed by atoms with E-state index in [-0.39, 0.29) is 23.4 Å². The van der Waals surface area contributed by atoms with E-state index in [0.717, 1.165) is 10.8 Å². The molecule has 172 valence electrons. The molecule has 2 N–H and O–H groups in total. The van der Waals surface area contributed by atoms with Gasteiger partial charge in [-0.1, -0.05) is 78.9 Å². The molecular formula is C29H21NO5. The fourth-order valence-electron chi connectivity index (χ4n) is 4.47. The number of carboxylic acid groups (broad SMARTS) is 1. The van der Waals surface area contributed by atoms with E-state index in [1.807, 2.05) is 60.7 Å². The fraction of sp³-hybridized carbons (Fsp3) is 0.0690. The lowest BCUT2D eigenvalue weighted by molar-refractivity contribution is -0.140. The highest BCUT2D eigenvalue weighted by Crippen LogP contribution is 2.40. The number of aromatic carboxylic acids is 1. The largest absolute Gasteiger partial charge is 0.507 e. The number of hydrogen-bond donors (Lipinski definition) is 2. The fourth-order valence-corrected chi connectivity index (χ4v) is 4.47. The first kappa shape index (κ1) is 22.1. The molecule has 0 radical (unpaired) electrons. The van der Waals surface area contributed by atoms with Crippen LogP contribution < -0.4 is 0 Å². The van der Waals surface area contributed by atoms with Crippen LogP contribution in [-0.4, -0.2) is 32.8 Å². The molecular weight excluding hydrogens is 442 g/mol. The Bertz CT molecular complexity index is 1490. The maximum atomic E-state index is 13.2. The Balaban J connectivity index is 1.61. The molecule has 0 aliphatic carbocycles. The normalized spacial score (nSPS) is 17.1. The van der Waals surface area contributed by atoms with Gasteiger partial charge in [0.15, 0.2) is 0 Å². The quantitative estimate of drug-likeness (QED) is 0.242. The van der Waals surface area contributed by atoms with E-state index in [2.05, 4.69) is 0 Å². The Morgan fingerprint density at radius 2 is 1.37 bits per heavy atom. The Morgan fingerprint density at radius 3 is 2.06 bits per heavy atom. The SMILES string of the molecule is O=C1C(=O)N(Cc2ccc(C(=O)O)cc2)C(c2ccccc2)/C1=C(/O)c1ccc2ccccc2c1. The number of likely N-dealkylation sites (tertiary alicyclic amines) is 1. The molecule has 6 nitrogen and oxygen atoms in total. The molecule has 0 saturated carbocycles. The number of carbonyl (C=O) groups excluding carboxylic acids is 2. The van der Waals surface area contributed by atoms with Gasteiger partial charge in [-0.25, -0.2) is 4.79 Å². The third-order valence-electron chi connectivity index (χ3n) is 6.23. The summed E-state index contributed by atoms with van der Waals surface area (Å²) >= 11 is 0. The maximum Gasteiger partial charge on any atom is 0.335 e. The predicted octanol–water partition coefficient (Wildman–Crippen LogP) is 5.16. The number of hydrogen-bond acceptors (Lipinski definition) is 4. The Kier molecular flexibility index (Phi) is 5.63. The van der Waals surface area contributed by atoms with Gasteiger partial charge in [0.1, 0.15) is 5.76 Å². The van der Waals surface area contributed by atoms with Gasteiger partial charge in [-0.2, -0.15) is 0 Å². The topological polar surface area (TPSA) is 94.9 Å². The minimum absolute atomic E-state index is 0.0265. The van der Waals surface area contributed by atoms with Crippen molar-refractivity contribution in [1.82, 2.24) is 4.90 Å². The third kappa shape index (κ3) is 4.06. The summed E-state index contributed by atoms with van der Waals surface area (Å²) in [6.45, 7) is 0.0819. The van der Waals surface area contributed by atoms with E-state index in [1.165, 1.54) is 17.0 Å². The van der Waals surface area contributed by atoms with Crippen LogP contribution in [0.1, 0.15) is 33.1 Å². The van der Waals surface area contributed by atoms with Crippen molar-refractivity contribution in [3.63, 3.8) is 0 Å². The molecule has 0 bridgehead atoms. The minimum Gasteiger partial charge on any atom is -0.507 e. The molecule has 1 saturated heterocycles. The number of Topliss-reactive ketones (excluding diaryl/α,β-unsaturated/α-hetero) is 1. The van der Waals surface area contributed by atoms with E-state index < -0.39 is 23.7 Å². The molecule has 1 amide bonds. The number of ketones is 1. The molecule has 1 atom stereocenters. The number of rotatable bonds is 5. The van der Waals surface area contributed by atoms with Crippen LogP contribution in [0.2, 0.25) is 0 Å². The number of amides is 1.